The van der Waals surface area contributed by atoms with Gasteiger partial charge in [0.05, 0.1) is 16.5 Å². The molecule has 6 nitrogen and oxygen atoms in total. The number of amides is 2. The van der Waals surface area contributed by atoms with Gasteiger partial charge in [0.25, 0.3) is 0 Å². The van der Waals surface area contributed by atoms with Gasteiger partial charge in [0.1, 0.15) is 0 Å². The van der Waals surface area contributed by atoms with Crippen molar-refractivity contribution in [1.29, 1.82) is 5.26 Å². The lowest BCUT2D eigenvalue weighted by Crippen LogP contribution is -2.22. The molecule has 2 aromatic rings. The quantitative estimate of drug-likeness (QED) is 0.750. The van der Waals surface area contributed by atoms with Gasteiger partial charge in [-0.2, -0.15) is 5.26 Å². The summed E-state index contributed by atoms with van der Waals surface area (Å²) in [6.07, 6.45) is 1.13. The maximum absolute atomic E-state index is 12.6. The second-order valence-electron chi connectivity index (χ2n) is 7.33. The van der Waals surface area contributed by atoms with Crippen LogP contribution in [0, 0.1) is 11.3 Å². The van der Waals surface area contributed by atoms with Crippen LogP contribution in [0.1, 0.15) is 56.2 Å². The lowest BCUT2D eigenvalue weighted by atomic mass is 9.90. The maximum atomic E-state index is 12.6. The molecular weight excluding hydrogens is 374 g/mol. The maximum Gasteiger partial charge on any atom is 0.323 e. The lowest BCUT2D eigenvalue weighted by Gasteiger charge is -2.21. The number of sulfone groups is 1. The third-order valence-electron chi connectivity index (χ3n) is 4.35. The van der Waals surface area contributed by atoms with E-state index >= 15 is 0 Å². The zero-order chi connectivity index (χ0) is 21.1. The number of hydrogen-bond acceptors (Lipinski definition) is 4. The van der Waals surface area contributed by atoms with Gasteiger partial charge in [-0.15, -0.1) is 0 Å². The van der Waals surface area contributed by atoms with Crippen LogP contribution in [0.3, 0.4) is 0 Å². The van der Waals surface area contributed by atoms with Gasteiger partial charge in [0, 0.05) is 17.6 Å². The Balaban J connectivity index is 2.31. The molecule has 0 radical (unpaired) electrons. The third-order valence-corrected chi connectivity index (χ3v) is 5.48. The molecule has 2 N–H and O–H groups in total. The van der Waals surface area contributed by atoms with Gasteiger partial charge in [-0.05, 0) is 59.4 Å². The first-order chi connectivity index (χ1) is 13.0. The molecule has 0 aliphatic heterocycles. The minimum absolute atomic E-state index is 0.121. The van der Waals surface area contributed by atoms with E-state index in [0.29, 0.717) is 16.9 Å². The number of nitriles is 1. The van der Waals surface area contributed by atoms with Gasteiger partial charge in [-0.25, -0.2) is 13.2 Å². The minimum atomic E-state index is -3.29. The highest BCUT2D eigenvalue weighted by molar-refractivity contribution is 7.90. The van der Waals surface area contributed by atoms with Gasteiger partial charge in [-0.3, -0.25) is 0 Å². The zero-order valence-electron chi connectivity index (χ0n) is 16.7. The Morgan fingerprint density at radius 2 is 1.46 bits per heavy atom. The fraction of sp³-hybridized carbons (Fsp3) is 0.333. The molecule has 2 amide bonds. The zero-order valence-corrected chi connectivity index (χ0v) is 17.5. The van der Waals surface area contributed by atoms with E-state index in [4.69, 9.17) is 0 Å². The van der Waals surface area contributed by atoms with E-state index in [2.05, 4.69) is 16.7 Å². The molecule has 0 saturated carbocycles. The fourth-order valence-electron chi connectivity index (χ4n) is 2.87. The number of nitrogens with zero attached hydrogens (tertiary/aromatic N) is 1. The highest BCUT2D eigenvalue weighted by atomic mass is 32.2. The summed E-state index contributed by atoms with van der Waals surface area (Å²) < 4.78 is 23.1. The lowest BCUT2D eigenvalue weighted by molar-refractivity contribution is 0.262. The highest BCUT2D eigenvalue weighted by Crippen LogP contribution is 2.34. The van der Waals surface area contributed by atoms with Crippen LogP contribution >= 0.6 is 0 Å². The van der Waals surface area contributed by atoms with Gasteiger partial charge >= 0.3 is 6.03 Å². The number of urea groups is 1. The van der Waals surface area contributed by atoms with Gasteiger partial charge < -0.3 is 10.6 Å². The first kappa shape index (κ1) is 21.5. The van der Waals surface area contributed by atoms with Crippen molar-refractivity contribution in [2.75, 3.05) is 16.9 Å². The standard InChI is InChI=1S/C21H25N3O3S/c1-13(2)18-10-15(12-22)11-19(14(3)4)20(18)24-21(25)23-16-6-8-17(9-7-16)28(5,26)27/h6-11,13-14H,1-5H3,(H2,23,24,25). The predicted octanol–water partition coefficient (Wildman–Crippen LogP) is 4.85. The summed E-state index contributed by atoms with van der Waals surface area (Å²) in [5.41, 5.74) is 3.54. The molecule has 0 fully saturated rings. The van der Waals surface area contributed by atoms with Crippen LogP contribution in [0.4, 0.5) is 16.2 Å². The molecule has 0 heterocycles. The summed E-state index contributed by atoms with van der Waals surface area (Å²) >= 11 is 0. The van der Waals surface area contributed by atoms with E-state index in [9.17, 15) is 18.5 Å². The van der Waals surface area contributed by atoms with Crippen LogP contribution in [-0.2, 0) is 9.84 Å². The van der Waals surface area contributed by atoms with Gasteiger partial charge in [0.15, 0.2) is 9.84 Å². The van der Waals surface area contributed by atoms with Crippen LogP contribution in [0.15, 0.2) is 41.3 Å². The van der Waals surface area contributed by atoms with E-state index in [0.717, 1.165) is 17.4 Å². The van der Waals surface area contributed by atoms with Crippen molar-refractivity contribution in [1.82, 2.24) is 0 Å². The molecule has 0 bridgehead atoms. The molecule has 0 aliphatic carbocycles. The van der Waals surface area contributed by atoms with Gasteiger partial charge in [-0.1, -0.05) is 27.7 Å². The van der Waals surface area contributed by atoms with Crippen molar-refractivity contribution < 1.29 is 13.2 Å². The number of carbonyl (C=O) groups excluding carboxylic acids is 1. The largest absolute Gasteiger partial charge is 0.323 e. The summed E-state index contributed by atoms with van der Waals surface area (Å²) in [6, 6.07) is 11.3. The Hall–Kier alpha value is -2.85. The molecule has 2 aromatic carbocycles. The summed E-state index contributed by atoms with van der Waals surface area (Å²) in [4.78, 5) is 12.8. The van der Waals surface area contributed by atoms with Crippen LogP contribution in [0.25, 0.3) is 0 Å². The average Bonchev–Trinajstić information content (AvgIpc) is 2.60. The number of carbonyl (C=O) groups is 1. The SMILES string of the molecule is CC(C)c1cc(C#N)cc(C(C)C)c1NC(=O)Nc1ccc(S(C)(=O)=O)cc1. The second-order valence-corrected chi connectivity index (χ2v) is 9.34. The molecule has 0 spiro atoms. The molecule has 148 valence electrons. The highest BCUT2D eigenvalue weighted by Gasteiger charge is 2.18. The number of anilines is 2. The number of benzene rings is 2. The Bertz CT molecular complexity index is 989. The van der Waals surface area contributed by atoms with Crippen LogP contribution in [0.5, 0.6) is 0 Å². The molecular formula is C21H25N3O3S. The molecule has 7 heteroatoms. The summed E-state index contributed by atoms with van der Waals surface area (Å²) in [6.45, 7) is 8.03. The molecule has 0 aromatic heterocycles. The molecule has 0 atom stereocenters. The summed E-state index contributed by atoms with van der Waals surface area (Å²) in [7, 11) is -3.29. The van der Waals surface area contributed by atoms with Gasteiger partial charge in [0.2, 0.25) is 0 Å². The molecule has 2 rings (SSSR count). The molecule has 0 unspecified atom stereocenters. The van der Waals surface area contributed by atoms with Crippen molar-refractivity contribution in [3.63, 3.8) is 0 Å². The Morgan fingerprint density at radius 1 is 0.964 bits per heavy atom. The van der Waals surface area contributed by atoms with E-state index in [1.54, 1.807) is 24.3 Å². The Morgan fingerprint density at radius 3 is 1.86 bits per heavy atom. The van der Waals surface area contributed by atoms with E-state index in [-0.39, 0.29) is 16.7 Å². The summed E-state index contributed by atoms with van der Waals surface area (Å²) in [5.74, 6) is 0.241. The summed E-state index contributed by atoms with van der Waals surface area (Å²) in [5, 5.41) is 14.9. The van der Waals surface area contributed by atoms with Crippen molar-refractivity contribution in [2.45, 2.75) is 44.4 Å². The topological polar surface area (TPSA) is 99.1 Å². The normalized spacial score (nSPS) is 11.4. The molecule has 0 saturated heterocycles. The number of hydrogen-bond donors (Lipinski definition) is 2. The van der Waals surface area contributed by atoms with Crippen molar-refractivity contribution in [3.05, 3.63) is 53.1 Å². The Kier molecular flexibility index (Phi) is 6.47. The van der Waals surface area contributed by atoms with E-state index < -0.39 is 15.9 Å². The van der Waals surface area contributed by atoms with E-state index in [1.807, 2.05) is 27.7 Å². The average molecular weight is 400 g/mol. The van der Waals surface area contributed by atoms with E-state index in [1.165, 1.54) is 12.1 Å². The smallest absolute Gasteiger partial charge is 0.308 e. The van der Waals surface area contributed by atoms with Crippen molar-refractivity contribution in [3.8, 4) is 6.07 Å². The minimum Gasteiger partial charge on any atom is -0.308 e. The Labute approximate surface area is 166 Å². The first-order valence-corrected chi connectivity index (χ1v) is 10.9. The fourth-order valence-corrected chi connectivity index (χ4v) is 3.50. The van der Waals surface area contributed by atoms with Crippen LogP contribution < -0.4 is 10.6 Å². The predicted molar refractivity (Wildman–Crippen MR) is 112 cm³/mol. The number of nitrogens with one attached hydrogen (secondary N) is 2. The molecule has 0 aliphatic rings. The number of rotatable bonds is 5. The van der Waals surface area contributed by atoms with Crippen LogP contribution in [0.2, 0.25) is 0 Å². The molecule has 28 heavy (non-hydrogen) atoms. The first-order valence-electron chi connectivity index (χ1n) is 8.99. The second kappa shape index (κ2) is 8.44. The monoisotopic (exact) mass is 399 g/mol. The van der Waals surface area contributed by atoms with Crippen LogP contribution in [-0.4, -0.2) is 20.7 Å². The van der Waals surface area contributed by atoms with Crippen molar-refractivity contribution in [2.24, 2.45) is 0 Å². The van der Waals surface area contributed by atoms with Crippen molar-refractivity contribution >= 4 is 27.2 Å². The third kappa shape index (κ3) is 5.11.